The highest BCUT2D eigenvalue weighted by atomic mass is 15.0. The molecule has 0 spiro atoms. The predicted molar refractivity (Wildman–Crippen MR) is 366 cm³/mol. The number of amidine groups is 2. The summed E-state index contributed by atoms with van der Waals surface area (Å²) in [6, 6.07) is 109. The molecule has 0 bridgehead atoms. The summed E-state index contributed by atoms with van der Waals surface area (Å²) in [7, 11) is 1.97. The lowest BCUT2D eigenvalue weighted by Gasteiger charge is -2.23. The first-order valence-electron chi connectivity index (χ1n) is 29.5. The van der Waals surface area contributed by atoms with Crippen molar-refractivity contribution in [1.29, 1.82) is 0 Å². The lowest BCUT2D eigenvalue weighted by molar-refractivity contribution is 0.760. The van der Waals surface area contributed by atoms with Crippen LogP contribution in [0.5, 0.6) is 0 Å². The number of fused-ring (bicyclic) bond motifs is 3. The molecule has 4 heteroatoms. The number of rotatable bonds is 15. The average molecular weight is 1110 g/mol. The third kappa shape index (κ3) is 11.2. The number of aliphatic imine (C=N–C) groups is 2. The van der Waals surface area contributed by atoms with Crippen molar-refractivity contribution in [2.45, 2.75) is 6.92 Å². The van der Waals surface area contributed by atoms with E-state index < -0.39 is 0 Å². The summed E-state index contributed by atoms with van der Waals surface area (Å²) in [6.07, 6.45) is 3.99. The Morgan fingerprint density at radius 3 is 1.29 bits per heavy atom. The first kappa shape index (κ1) is 54.3. The van der Waals surface area contributed by atoms with Gasteiger partial charge in [-0.2, -0.15) is 0 Å². The van der Waals surface area contributed by atoms with Crippen LogP contribution in [-0.4, -0.2) is 29.8 Å². The van der Waals surface area contributed by atoms with E-state index in [1.807, 2.05) is 13.1 Å². The van der Waals surface area contributed by atoms with E-state index in [0.717, 1.165) is 117 Å². The van der Waals surface area contributed by atoms with Crippen molar-refractivity contribution in [3.8, 4) is 83.6 Å². The quantitative estimate of drug-likeness (QED) is 0.0620. The minimum absolute atomic E-state index is 0.0257. The Labute approximate surface area is 504 Å². The van der Waals surface area contributed by atoms with E-state index in [4.69, 9.17) is 9.98 Å². The minimum Gasteiger partial charge on any atom is -0.373 e. The van der Waals surface area contributed by atoms with Crippen molar-refractivity contribution in [3.05, 3.63) is 339 Å². The number of allylic oxidation sites excluding steroid dienone is 2. The third-order valence-corrected chi connectivity index (χ3v) is 16.2. The molecule has 0 radical (unpaired) electrons. The molecule has 12 aromatic carbocycles. The van der Waals surface area contributed by atoms with Crippen LogP contribution in [0, 0.1) is 5.92 Å². The lowest BCUT2D eigenvalue weighted by atomic mass is 9.91. The molecule has 86 heavy (non-hydrogen) atoms. The Morgan fingerprint density at radius 1 is 0.407 bits per heavy atom. The second-order valence-corrected chi connectivity index (χ2v) is 21.8. The number of hydrogen-bond donors (Lipinski definition) is 1. The summed E-state index contributed by atoms with van der Waals surface area (Å²) in [5.41, 5.74) is 23.0. The van der Waals surface area contributed by atoms with Crippen molar-refractivity contribution < 1.29 is 0 Å². The normalized spacial score (nSPS) is 12.3. The summed E-state index contributed by atoms with van der Waals surface area (Å²) in [5, 5.41) is 5.98. The maximum absolute atomic E-state index is 5.76. The lowest BCUT2D eigenvalue weighted by Crippen LogP contribution is -2.22. The Hall–Kier alpha value is -10.9. The van der Waals surface area contributed by atoms with E-state index in [9.17, 15) is 0 Å². The van der Waals surface area contributed by atoms with Crippen LogP contribution in [0.3, 0.4) is 0 Å². The molecule has 0 saturated carbocycles. The zero-order chi connectivity index (χ0) is 58.2. The average Bonchev–Trinajstić information content (AvgIpc) is 1.59. The molecule has 13 rings (SSSR count). The molecular formula is C82H64N4. The van der Waals surface area contributed by atoms with Gasteiger partial charge >= 0.3 is 0 Å². The highest BCUT2D eigenvalue weighted by Crippen LogP contribution is 2.47. The number of nitrogens with one attached hydrogen (secondary N) is 1. The fourth-order valence-corrected chi connectivity index (χ4v) is 12.1. The maximum atomic E-state index is 5.76. The van der Waals surface area contributed by atoms with Gasteiger partial charge in [0.15, 0.2) is 5.84 Å². The van der Waals surface area contributed by atoms with Crippen LogP contribution in [-0.2, 0) is 0 Å². The molecule has 4 nitrogen and oxygen atoms in total. The molecule has 0 aliphatic carbocycles. The van der Waals surface area contributed by atoms with Crippen molar-refractivity contribution >= 4 is 39.1 Å². The van der Waals surface area contributed by atoms with Crippen LogP contribution >= 0.6 is 0 Å². The van der Waals surface area contributed by atoms with Gasteiger partial charge in [-0.1, -0.05) is 274 Å². The molecule has 1 atom stereocenters. The fourth-order valence-electron chi connectivity index (χ4n) is 12.1. The van der Waals surface area contributed by atoms with E-state index in [0.29, 0.717) is 18.2 Å². The molecule has 0 aliphatic heterocycles. The van der Waals surface area contributed by atoms with Crippen molar-refractivity contribution in [1.82, 2.24) is 9.88 Å². The topological polar surface area (TPSA) is 41.7 Å². The van der Waals surface area contributed by atoms with Gasteiger partial charge in [0.25, 0.3) is 0 Å². The van der Waals surface area contributed by atoms with Gasteiger partial charge in [0, 0.05) is 58.1 Å². The standard InChI is InChI=1S/C82H64N4/c1-4-29-72(62-38-21-9-22-39-62)57(2)56-84-82(70-49-67(59-32-15-6-16-33-59)48-68(50-70)60-34-17-7-18-35-60)85-81(83-3)71-54-74(64-42-25-11-26-43-64)79(75(55-71)65-44-27-12-28-45-65)86-78-47-46-66(58-30-13-5-14-31-58)51-76(78)77-53-69(61-36-19-8-20-37-61)52-73(80(77)86)63-40-23-10-24-41-63/h4-55,57H,1,56H2,2-3H3,(H,83,84,85)/b72-29+. The highest BCUT2D eigenvalue weighted by molar-refractivity contribution is 6.18. The van der Waals surface area contributed by atoms with Gasteiger partial charge in [0.05, 0.1) is 16.7 Å². The Morgan fingerprint density at radius 2 is 0.826 bits per heavy atom. The van der Waals surface area contributed by atoms with Gasteiger partial charge < -0.3 is 9.88 Å². The molecule has 0 amide bonds. The molecule has 0 fully saturated rings. The predicted octanol–water partition coefficient (Wildman–Crippen LogP) is 20.8. The summed E-state index contributed by atoms with van der Waals surface area (Å²) in [4.78, 5) is 11.4. The molecular weight excluding hydrogens is 1040 g/mol. The summed E-state index contributed by atoms with van der Waals surface area (Å²) >= 11 is 0. The molecule has 0 aliphatic rings. The number of benzene rings is 12. The van der Waals surface area contributed by atoms with Crippen LogP contribution in [0.25, 0.3) is 111 Å². The molecule has 1 unspecified atom stereocenters. The second kappa shape index (κ2) is 24.9. The molecule has 0 saturated heterocycles. The Kier molecular flexibility index (Phi) is 15.7. The monoisotopic (exact) mass is 1100 g/mol. The van der Waals surface area contributed by atoms with Crippen molar-refractivity contribution in [2.75, 3.05) is 13.6 Å². The van der Waals surface area contributed by atoms with Gasteiger partial charge in [-0.3, -0.25) is 4.99 Å². The maximum Gasteiger partial charge on any atom is 0.157 e. The van der Waals surface area contributed by atoms with Gasteiger partial charge in [-0.05, 0) is 127 Å². The molecule has 1 heterocycles. The van der Waals surface area contributed by atoms with Crippen LogP contribution in [0.4, 0.5) is 0 Å². The first-order valence-corrected chi connectivity index (χ1v) is 29.5. The van der Waals surface area contributed by atoms with Crippen LogP contribution in [0.15, 0.2) is 332 Å². The van der Waals surface area contributed by atoms with Gasteiger partial charge in [0.2, 0.25) is 0 Å². The Balaban J connectivity index is 1.10. The molecule has 412 valence electrons. The summed E-state index contributed by atoms with van der Waals surface area (Å²) in [6.45, 7) is 6.84. The fraction of sp³-hybridized carbons (Fsp3) is 0.0488. The smallest absolute Gasteiger partial charge is 0.157 e. The van der Waals surface area contributed by atoms with Crippen molar-refractivity contribution in [2.24, 2.45) is 15.9 Å². The van der Waals surface area contributed by atoms with Gasteiger partial charge in [0.1, 0.15) is 5.84 Å². The zero-order valence-electron chi connectivity index (χ0n) is 48.4. The molecule has 1 N–H and O–H groups in total. The number of aromatic nitrogens is 1. The van der Waals surface area contributed by atoms with E-state index in [-0.39, 0.29) is 5.92 Å². The molecule has 13 aromatic rings. The van der Waals surface area contributed by atoms with E-state index >= 15 is 0 Å². The SMILES string of the molecule is C=C/C=C(/c1ccccc1)C(C)C/N=C(\N=C(/NC)c1cc(-c2ccccc2)c(-n2c3ccc(-c4ccccc4)cc3c3cc(-c4ccccc4)cc(-c4ccccc4)c32)c(-c2ccccc2)c1)c1cc(-c2ccccc2)cc(-c2ccccc2)c1. The van der Waals surface area contributed by atoms with Crippen molar-refractivity contribution in [3.63, 3.8) is 0 Å². The largest absolute Gasteiger partial charge is 0.373 e. The van der Waals surface area contributed by atoms with Crippen LogP contribution in [0.1, 0.15) is 23.6 Å². The van der Waals surface area contributed by atoms with E-state index in [1.54, 1.807) is 0 Å². The van der Waals surface area contributed by atoms with Crippen LogP contribution in [0.2, 0.25) is 0 Å². The zero-order valence-corrected chi connectivity index (χ0v) is 48.4. The number of nitrogens with zero attached hydrogens (tertiary/aromatic N) is 3. The molecule has 1 aromatic heterocycles. The van der Waals surface area contributed by atoms with Gasteiger partial charge in [-0.25, -0.2) is 4.99 Å². The number of hydrogen-bond acceptors (Lipinski definition) is 1. The summed E-state index contributed by atoms with van der Waals surface area (Å²) in [5.74, 6) is 1.32. The first-order chi connectivity index (χ1) is 42.5. The van der Waals surface area contributed by atoms with Gasteiger partial charge in [-0.15, -0.1) is 0 Å². The third-order valence-electron chi connectivity index (χ3n) is 16.2. The van der Waals surface area contributed by atoms with E-state index in [2.05, 4.69) is 333 Å². The summed E-state index contributed by atoms with van der Waals surface area (Å²) < 4.78 is 2.55. The van der Waals surface area contributed by atoms with E-state index in [1.165, 1.54) is 10.9 Å². The van der Waals surface area contributed by atoms with Crippen LogP contribution < -0.4 is 5.32 Å². The highest BCUT2D eigenvalue weighted by Gasteiger charge is 2.26. The Bertz CT molecular complexity index is 4490. The second-order valence-electron chi connectivity index (χ2n) is 21.8. The minimum atomic E-state index is 0.0257.